The summed E-state index contributed by atoms with van der Waals surface area (Å²) in [4.78, 5) is 36.2. The molecule has 0 radical (unpaired) electrons. The number of ketones is 1. The van der Waals surface area contributed by atoms with E-state index in [9.17, 15) is 14.4 Å². The fourth-order valence-electron chi connectivity index (χ4n) is 3.71. The van der Waals surface area contributed by atoms with E-state index in [0.717, 1.165) is 6.42 Å². The molecule has 2 rings (SSSR count). The maximum atomic E-state index is 12.8. The van der Waals surface area contributed by atoms with Gasteiger partial charge in [-0.25, -0.2) is 0 Å². The summed E-state index contributed by atoms with van der Waals surface area (Å²) in [6.45, 7) is 14.1. The predicted octanol–water partition coefficient (Wildman–Crippen LogP) is 2.81. The second kappa shape index (κ2) is 7.42. The van der Waals surface area contributed by atoms with Crippen molar-refractivity contribution in [1.29, 1.82) is 0 Å². The van der Waals surface area contributed by atoms with Gasteiger partial charge in [-0.2, -0.15) is 0 Å². The Labute approximate surface area is 157 Å². The topological polar surface area (TPSA) is 81.7 Å². The Morgan fingerprint density at radius 1 is 1.23 bits per heavy atom. The van der Waals surface area contributed by atoms with E-state index in [1.54, 1.807) is 0 Å². The van der Waals surface area contributed by atoms with Gasteiger partial charge in [0.15, 0.2) is 20.2 Å². The molecule has 1 amide bonds. The standard InChI is InChI=1S/C19H33NO5Si/c1-11(25-26(6,7)19(3,4)5)15-16(20-18(15)23)13-9-8-10-14(17(13)22)24-12(2)21/h11,13-16H,8-10H2,1-7H3,(H,20,23)/t11-,13?,14?,15-,16?/m1/s1. The summed E-state index contributed by atoms with van der Waals surface area (Å²) in [6, 6.07) is -0.229. The molecule has 0 spiro atoms. The molecule has 2 fully saturated rings. The number of hydrogen-bond donors (Lipinski definition) is 1. The molecule has 1 saturated heterocycles. The average Bonchev–Trinajstić information content (AvgIpc) is 2.45. The SMILES string of the molecule is CC(=O)OC1CCCC(C2NC(=O)[C@@H]2[C@@H](C)O[Si](C)(C)C(C)(C)C)C1=O. The number of hydrogen-bond acceptors (Lipinski definition) is 5. The Kier molecular flexibility index (Phi) is 6.02. The van der Waals surface area contributed by atoms with E-state index in [4.69, 9.17) is 9.16 Å². The molecule has 0 aromatic rings. The summed E-state index contributed by atoms with van der Waals surface area (Å²) in [5.41, 5.74) is 0. The van der Waals surface area contributed by atoms with Crippen LogP contribution in [0.25, 0.3) is 0 Å². The fourth-order valence-corrected chi connectivity index (χ4v) is 5.14. The molecule has 6 nitrogen and oxygen atoms in total. The van der Waals surface area contributed by atoms with Crippen molar-refractivity contribution in [2.75, 3.05) is 0 Å². The normalized spacial score (nSPS) is 31.0. The second-order valence-corrected chi connectivity index (χ2v) is 13.9. The van der Waals surface area contributed by atoms with Crippen molar-refractivity contribution in [3.8, 4) is 0 Å². The van der Waals surface area contributed by atoms with Gasteiger partial charge in [0.05, 0.1) is 18.1 Å². The van der Waals surface area contributed by atoms with Gasteiger partial charge < -0.3 is 14.5 Å². The number of carbonyl (C=O) groups is 3. The van der Waals surface area contributed by atoms with E-state index >= 15 is 0 Å². The molecule has 1 aliphatic carbocycles. The summed E-state index contributed by atoms with van der Waals surface area (Å²) in [5.74, 6) is -1.19. The Morgan fingerprint density at radius 2 is 1.85 bits per heavy atom. The highest BCUT2D eigenvalue weighted by molar-refractivity contribution is 6.74. The van der Waals surface area contributed by atoms with Crippen LogP contribution in [-0.2, 0) is 23.5 Å². The van der Waals surface area contributed by atoms with Gasteiger partial charge in [-0.3, -0.25) is 14.4 Å². The number of rotatable bonds is 5. The number of carbonyl (C=O) groups excluding carboxylic acids is 3. The van der Waals surface area contributed by atoms with Crippen molar-refractivity contribution in [2.45, 2.75) is 90.3 Å². The van der Waals surface area contributed by atoms with Crippen LogP contribution in [0.1, 0.15) is 53.9 Å². The first-order valence-electron chi connectivity index (χ1n) is 9.54. The molecule has 0 aromatic carbocycles. The lowest BCUT2D eigenvalue weighted by Gasteiger charge is -2.48. The van der Waals surface area contributed by atoms with E-state index in [1.807, 2.05) is 6.92 Å². The summed E-state index contributed by atoms with van der Waals surface area (Å²) >= 11 is 0. The monoisotopic (exact) mass is 383 g/mol. The highest BCUT2D eigenvalue weighted by Crippen LogP contribution is 2.40. The van der Waals surface area contributed by atoms with Crippen LogP contribution in [0.4, 0.5) is 0 Å². The minimum Gasteiger partial charge on any atom is -0.455 e. The third-order valence-corrected chi connectivity index (χ3v) is 10.8. The van der Waals surface area contributed by atoms with Crippen molar-refractivity contribution < 1.29 is 23.5 Å². The Morgan fingerprint density at radius 3 is 2.35 bits per heavy atom. The maximum Gasteiger partial charge on any atom is 0.303 e. The van der Waals surface area contributed by atoms with Crippen molar-refractivity contribution in [2.24, 2.45) is 11.8 Å². The average molecular weight is 384 g/mol. The second-order valence-electron chi connectivity index (χ2n) is 9.18. The molecule has 0 aromatic heterocycles. The first-order chi connectivity index (χ1) is 11.8. The van der Waals surface area contributed by atoms with Gasteiger partial charge >= 0.3 is 5.97 Å². The quantitative estimate of drug-likeness (QED) is 0.448. The number of esters is 1. The molecule has 1 heterocycles. The zero-order valence-electron chi connectivity index (χ0n) is 17.0. The maximum absolute atomic E-state index is 12.8. The summed E-state index contributed by atoms with van der Waals surface area (Å²) in [6.07, 6.45) is 1.17. The molecule has 2 aliphatic rings. The van der Waals surface area contributed by atoms with E-state index in [2.05, 4.69) is 39.2 Å². The summed E-state index contributed by atoms with van der Waals surface area (Å²) in [7, 11) is -2.01. The van der Waals surface area contributed by atoms with Crippen LogP contribution in [0.3, 0.4) is 0 Å². The molecule has 26 heavy (non-hydrogen) atoms. The van der Waals surface area contributed by atoms with Crippen LogP contribution in [0.15, 0.2) is 0 Å². The molecule has 5 atom stereocenters. The number of nitrogens with one attached hydrogen (secondary N) is 1. The molecular weight excluding hydrogens is 350 g/mol. The van der Waals surface area contributed by atoms with Gasteiger partial charge in [0.1, 0.15) is 0 Å². The first kappa shape index (κ1) is 21.1. The number of ether oxygens (including phenoxy) is 1. The molecule has 1 saturated carbocycles. The Balaban J connectivity index is 2.09. The lowest BCUT2D eigenvalue weighted by atomic mass is 9.71. The highest BCUT2D eigenvalue weighted by atomic mass is 28.4. The van der Waals surface area contributed by atoms with Crippen molar-refractivity contribution in [3.63, 3.8) is 0 Å². The minimum absolute atomic E-state index is 0.0522. The molecule has 1 N–H and O–H groups in total. The zero-order chi connectivity index (χ0) is 19.9. The molecular formula is C19H33NO5Si. The number of β-lactam (4-membered cyclic amide) rings is 1. The van der Waals surface area contributed by atoms with Crippen LogP contribution < -0.4 is 5.32 Å². The van der Waals surface area contributed by atoms with Crippen molar-refractivity contribution >= 4 is 26.0 Å². The molecule has 0 bridgehead atoms. The zero-order valence-corrected chi connectivity index (χ0v) is 18.0. The van der Waals surface area contributed by atoms with Crippen molar-refractivity contribution in [3.05, 3.63) is 0 Å². The van der Waals surface area contributed by atoms with Crippen molar-refractivity contribution in [1.82, 2.24) is 5.32 Å². The number of amides is 1. The van der Waals surface area contributed by atoms with E-state index in [0.29, 0.717) is 12.8 Å². The van der Waals surface area contributed by atoms with Crippen LogP contribution in [0, 0.1) is 11.8 Å². The molecule has 3 unspecified atom stereocenters. The molecule has 7 heteroatoms. The third kappa shape index (κ3) is 4.19. The first-order valence-corrected chi connectivity index (χ1v) is 12.4. The van der Waals surface area contributed by atoms with Gasteiger partial charge in [0.2, 0.25) is 5.91 Å². The summed E-state index contributed by atoms with van der Waals surface area (Å²) < 4.78 is 11.6. The van der Waals surface area contributed by atoms with E-state index in [-0.39, 0.29) is 40.7 Å². The lowest BCUT2D eigenvalue weighted by Crippen LogP contribution is -2.68. The van der Waals surface area contributed by atoms with Gasteiger partial charge in [-0.15, -0.1) is 0 Å². The predicted molar refractivity (Wildman–Crippen MR) is 101 cm³/mol. The van der Waals surface area contributed by atoms with Gasteiger partial charge in [0, 0.05) is 12.8 Å². The largest absolute Gasteiger partial charge is 0.455 e. The molecule has 148 valence electrons. The van der Waals surface area contributed by atoms with Gasteiger partial charge in [0.25, 0.3) is 0 Å². The fraction of sp³-hybridized carbons (Fsp3) is 0.842. The van der Waals surface area contributed by atoms with Crippen LogP contribution >= 0.6 is 0 Å². The van der Waals surface area contributed by atoms with Gasteiger partial charge in [-0.1, -0.05) is 20.8 Å². The lowest BCUT2D eigenvalue weighted by molar-refractivity contribution is -0.160. The third-order valence-electron chi connectivity index (χ3n) is 6.20. The summed E-state index contributed by atoms with van der Waals surface area (Å²) in [5, 5.41) is 2.96. The number of Topliss-reactive ketones (excluding diaryl/α,β-unsaturated/α-hetero) is 1. The Hall–Kier alpha value is -1.21. The van der Waals surface area contributed by atoms with E-state index < -0.39 is 20.4 Å². The van der Waals surface area contributed by atoms with E-state index in [1.165, 1.54) is 6.92 Å². The smallest absolute Gasteiger partial charge is 0.303 e. The van der Waals surface area contributed by atoms with Crippen LogP contribution in [0.5, 0.6) is 0 Å². The minimum atomic E-state index is -2.01. The highest BCUT2D eigenvalue weighted by Gasteiger charge is 2.53. The van der Waals surface area contributed by atoms with Crippen LogP contribution in [0.2, 0.25) is 18.1 Å². The Bertz CT molecular complexity index is 583. The van der Waals surface area contributed by atoms with Crippen LogP contribution in [-0.4, -0.2) is 44.2 Å². The van der Waals surface area contributed by atoms with Gasteiger partial charge in [-0.05, 0) is 44.3 Å². The molecule has 1 aliphatic heterocycles.